The van der Waals surface area contributed by atoms with Crippen molar-refractivity contribution in [2.24, 2.45) is 0 Å². The molecule has 0 bridgehead atoms. The molecule has 1 heterocycles. The lowest BCUT2D eigenvalue weighted by Gasteiger charge is -2.16. The largest absolute Gasteiger partial charge is 0.325 e. The Hall–Kier alpha value is -0.990. The van der Waals surface area contributed by atoms with Gasteiger partial charge in [0.05, 0.1) is 6.04 Å². The molecule has 0 aromatic carbocycles. The monoisotopic (exact) mass is 154 g/mol. The Morgan fingerprint density at radius 2 is 2.18 bits per heavy atom. The molecule has 0 N–H and O–H groups in total. The Morgan fingerprint density at radius 3 is 2.36 bits per heavy atom. The second-order valence-electron chi connectivity index (χ2n) is 3.14. The normalized spacial score (nSPS) is 24.6. The topological polar surface area (TPSA) is 23.6 Å². The highest BCUT2D eigenvalue weighted by atomic mass is 16.2. The first kappa shape index (κ1) is 8.11. The number of hydrogen-bond donors (Lipinski definition) is 0. The maximum atomic E-state index is 11.2. The van der Waals surface area contributed by atoms with Gasteiger partial charge in [-0.1, -0.05) is 12.2 Å². The number of rotatable bonds is 1. The molecule has 1 rings (SSSR count). The van der Waals surface area contributed by atoms with Crippen molar-refractivity contribution in [3.63, 3.8) is 0 Å². The molecule has 3 nitrogen and oxygen atoms in total. The predicted octanol–water partition coefficient (Wildman–Crippen LogP) is 0.928. The number of amides is 2. The van der Waals surface area contributed by atoms with E-state index in [1.54, 1.807) is 9.80 Å². The molecule has 11 heavy (non-hydrogen) atoms. The summed E-state index contributed by atoms with van der Waals surface area (Å²) in [6.07, 6.45) is 0. The third kappa shape index (κ3) is 1.23. The highest BCUT2D eigenvalue weighted by molar-refractivity contribution is 5.77. The molecule has 62 valence electrons. The summed E-state index contributed by atoms with van der Waals surface area (Å²) in [5, 5.41) is 0. The van der Waals surface area contributed by atoms with Crippen LogP contribution >= 0.6 is 0 Å². The van der Waals surface area contributed by atoms with Crippen LogP contribution in [-0.4, -0.2) is 42.5 Å². The van der Waals surface area contributed by atoms with Gasteiger partial charge in [0.25, 0.3) is 0 Å². The lowest BCUT2D eigenvalue weighted by Crippen LogP contribution is -2.30. The van der Waals surface area contributed by atoms with Gasteiger partial charge in [-0.3, -0.25) is 0 Å². The summed E-state index contributed by atoms with van der Waals surface area (Å²) in [5.74, 6) is 0. The first-order valence-electron chi connectivity index (χ1n) is 3.67. The summed E-state index contributed by atoms with van der Waals surface area (Å²) in [6.45, 7) is 6.56. The van der Waals surface area contributed by atoms with Crippen LogP contribution in [0, 0.1) is 0 Å². The van der Waals surface area contributed by atoms with Crippen LogP contribution in [0.4, 0.5) is 4.79 Å². The van der Waals surface area contributed by atoms with Crippen molar-refractivity contribution in [3.05, 3.63) is 12.2 Å². The predicted molar refractivity (Wildman–Crippen MR) is 44.4 cm³/mol. The van der Waals surface area contributed by atoms with Crippen molar-refractivity contribution in [2.75, 3.05) is 20.6 Å². The molecule has 2 amide bonds. The second kappa shape index (κ2) is 2.57. The van der Waals surface area contributed by atoms with Crippen LogP contribution in [0.1, 0.15) is 6.92 Å². The smallest absolute Gasteiger partial charge is 0.320 e. The van der Waals surface area contributed by atoms with Crippen molar-refractivity contribution < 1.29 is 4.79 Å². The van der Waals surface area contributed by atoms with Gasteiger partial charge in [-0.05, 0) is 6.92 Å². The number of nitrogens with zero attached hydrogens (tertiary/aromatic N) is 2. The van der Waals surface area contributed by atoms with E-state index in [0.717, 1.165) is 12.1 Å². The van der Waals surface area contributed by atoms with E-state index in [1.165, 1.54) is 0 Å². The van der Waals surface area contributed by atoms with Crippen molar-refractivity contribution in [2.45, 2.75) is 13.0 Å². The number of urea groups is 1. The summed E-state index contributed by atoms with van der Waals surface area (Å²) < 4.78 is 0. The average molecular weight is 154 g/mol. The van der Waals surface area contributed by atoms with E-state index in [4.69, 9.17) is 0 Å². The third-order valence-electron chi connectivity index (χ3n) is 2.11. The van der Waals surface area contributed by atoms with E-state index >= 15 is 0 Å². The molecular weight excluding hydrogens is 140 g/mol. The van der Waals surface area contributed by atoms with Crippen LogP contribution in [0.3, 0.4) is 0 Å². The van der Waals surface area contributed by atoms with Crippen molar-refractivity contribution in [1.29, 1.82) is 0 Å². The van der Waals surface area contributed by atoms with Crippen molar-refractivity contribution >= 4 is 6.03 Å². The van der Waals surface area contributed by atoms with Crippen LogP contribution in [0.5, 0.6) is 0 Å². The van der Waals surface area contributed by atoms with Crippen LogP contribution < -0.4 is 0 Å². The zero-order valence-corrected chi connectivity index (χ0v) is 7.29. The highest BCUT2D eigenvalue weighted by Crippen LogP contribution is 2.16. The van der Waals surface area contributed by atoms with Gasteiger partial charge in [0.1, 0.15) is 0 Å². The van der Waals surface area contributed by atoms with E-state index in [9.17, 15) is 4.79 Å². The summed E-state index contributed by atoms with van der Waals surface area (Å²) in [6, 6.07) is 0.283. The molecule has 1 saturated heterocycles. The minimum absolute atomic E-state index is 0.0815. The molecule has 0 aromatic heterocycles. The molecule has 3 heteroatoms. The number of carbonyl (C=O) groups is 1. The van der Waals surface area contributed by atoms with Crippen LogP contribution in [0.25, 0.3) is 0 Å². The number of likely N-dealkylation sites (N-methyl/N-ethyl adjacent to an activating group) is 2. The first-order chi connectivity index (χ1) is 5.04. The Kier molecular flexibility index (Phi) is 1.89. The lowest BCUT2D eigenvalue weighted by atomic mass is 10.1. The lowest BCUT2D eigenvalue weighted by molar-refractivity contribution is 0.203. The van der Waals surface area contributed by atoms with Crippen molar-refractivity contribution in [3.8, 4) is 0 Å². The van der Waals surface area contributed by atoms with E-state index in [1.807, 2.05) is 21.0 Å². The maximum Gasteiger partial charge on any atom is 0.320 e. The molecule has 1 unspecified atom stereocenters. The molecule has 1 atom stereocenters. The summed E-state index contributed by atoms with van der Waals surface area (Å²) >= 11 is 0. The minimum atomic E-state index is 0.0815. The molecule has 0 spiro atoms. The Morgan fingerprint density at radius 1 is 1.64 bits per heavy atom. The Bertz CT molecular complexity index is 200. The fraction of sp³-hybridized carbons (Fsp3) is 0.625. The fourth-order valence-electron chi connectivity index (χ4n) is 1.35. The Balaban J connectivity index is 2.75. The van der Waals surface area contributed by atoms with E-state index < -0.39 is 0 Å². The van der Waals surface area contributed by atoms with Crippen LogP contribution in [0.15, 0.2) is 12.2 Å². The van der Waals surface area contributed by atoms with Gasteiger partial charge in [0, 0.05) is 20.6 Å². The van der Waals surface area contributed by atoms with E-state index in [2.05, 4.69) is 6.58 Å². The Labute approximate surface area is 67.3 Å². The molecule has 1 fully saturated rings. The molecule has 0 aliphatic carbocycles. The highest BCUT2D eigenvalue weighted by Gasteiger charge is 2.31. The molecule has 1 aliphatic rings. The summed E-state index contributed by atoms with van der Waals surface area (Å²) in [7, 11) is 3.62. The van der Waals surface area contributed by atoms with Gasteiger partial charge >= 0.3 is 6.03 Å². The van der Waals surface area contributed by atoms with Crippen LogP contribution in [-0.2, 0) is 0 Å². The molecule has 1 aliphatic heterocycles. The van der Waals surface area contributed by atoms with Gasteiger partial charge in [-0.25, -0.2) is 4.79 Å². The minimum Gasteiger partial charge on any atom is -0.325 e. The molecule has 0 radical (unpaired) electrons. The van der Waals surface area contributed by atoms with Gasteiger partial charge in [0.15, 0.2) is 0 Å². The number of carbonyl (C=O) groups excluding carboxylic acids is 1. The zero-order valence-electron chi connectivity index (χ0n) is 7.29. The van der Waals surface area contributed by atoms with Gasteiger partial charge < -0.3 is 9.80 Å². The van der Waals surface area contributed by atoms with Gasteiger partial charge in [-0.2, -0.15) is 0 Å². The van der Waals surface area contributed by atoms with E-state index in [-0.39, 0.29) is 12.1 Å². The average Bonchev–Trinajstić information content (AvgIpc) is 2.17. The fourth-order valence-corrected chi connectivity index (χ4v) is 1.35. The van der Waals surface area contributed by atoms with Gasteiger partial charge in [0.2, 0.25) is 0 Å². The third-order valence-corrected chi connectivity index (χ3v) is 2.11. The van der Waals surface area contributed by atoms with Gasteiger partial charge in [-0.15, -0.1) is 0 Å². The maximum absolute atomic E-state index is 11.2. The number of hydrogen-bond acceptors (Lipinski definition) is 1. The van der Waals surface area contributed by atoms with Crippen molar-refractivity contribution in [1.82, 2.24) is 9.80 Å². The zero-order chi connectivity index (χ0) is 8.59. The van der Waals surface area contributed by atoms with E-state index in [0.29, 0.717) is 0 Å². The quantitative estimate of drug-likeness (QED) is 0.515. The summed E-state index contributed by atoms with van der Waals surface area (Å²) in [5.41, 5.74) is 1.05. The standard InChI is InChI=1S/C8H14N2O/c1-6(2)7-5-9(3)8(11)10(7)4/h7H,1,5H2,2-4H3. The molecular formula is C8H14N2O. The summed E-state index contributed by atoms with van der Waals surface area (Å²) in [4.78, 5) is 14.7. The second-order valence-corrected chi connectivity index (χ2v) is 3.14. The first-order valence-corrected chi connectivity index (χ1v) is 3.67. The molecule has 0 saturated carbocycles. The van der Waals surface area contributed by atoms with Crippen LogP contribution in [0.2, 0.25) is 0 Å². The molecule has 0 aromatic rings. The SMILES string of the molecule is C=C(C)C1CN(C)C(=O)N1C.